The second-order valence-electron chi connectivity index (χ2n) is 7.80. The third kappa shape index (κ3) is 7.40. The fourth-order valence-electron chi connectivity index (χ4n) is 3.67. The molecule has 1 aromatic carbocycles. The van der Waals surface area contributed by atoms with Crippen molar-refractivity contribution in [2.24, 2.45) is 0 Å². The molecule has 6 nitrogen and oxygen atoms in total. The van der Waals surface area contributed by atoms with E-state index in [1.54, 1.807) is 4.90 Å². The zero-order valence-electron chi connectivity index (χ0n) is 17.5. The normalized spacial score (nSPS) is 14.9. The van der Waals surface area contributed by atoms with E-state index in [1.807, 2.05) is 6.07 Å². The van der Waals surface area contributed by atoms with Crippen LogP contribution in [0.3, 0.4) is 0 Å². The number of carbonyl (C=O) groups is 1. The van der Waals surface area contributed by atoms with Crippen molar-refractivity contribution in [2.45, 2.75) is 45.4 Å². The van der Waals surface area contributed by atoms with Crippen molar-refractivity contribution in [3.05, 3.63) is 41.7 Å². The van der Waals surface area contributed by atoms with Crippen LogP contribution in [0.4, 0.5) is 5.13 Å². The maximum absolute atomic E-state index is 11.9. The van der Waals surface area contributed by atoms with Crippen LogP contribution in [0, 0.1) is 0 Å². The molecule has 0 atom stereocenters. The number of nitrogens with zero attached hydrogens (tertiary/aromatic N) is 3. The van der Waals surface area contributed by atoms with Gasteiger partial charge in [-0.1, -0.05) is 56.5 Å². The standard InChI is InChI=1S/C22H33N5OS/c1-2-3-4-8-11-21(28)23-12-13-26-14-16-27(17-15-26)22-24-20(25-29-22)18-19-9-6-5-7-10-19/h5-7,9-10H,2-4,8,11-18H2,1H3,(H,23,28)/p+1. The summed E-state index contributed by atoms with van der Waals surface area (Å²) in [6.45, 7) is 8.14. The number of aromatic nitrogens is 2. The molecule has 1 fully saturated rings. The largest absolute Gasteiger partial charge is 0.350 e. The lowest BCUT2D eigenvalue weighted by molar-refractivity contribution is -0.899. The van der Waals surface area contributed by atoms with E-state index >= 15 is 0 Å². The SMILES string of the molecule is CCCCCCC(=O)NCC[NH+]1CCN(c2nc(Cc3ccccc3)ns2)CC1. The summed E-state index contributed by atoms with van der Waals surface area (Å²) in [4.78, 5) is 20.5. The van der Waals surface area contributed by atoms with Gasteiger partial charge in [0.05, 0.1) is 39.3 Å². The predicted octanol–water partition coefficient (Wildman–Crippen LogP) is 1.92. The van der Waals surface area contributed by atoms with Crippen molar-refractivity contribution >= 4 is 22.6 Å². The van der Waals surface area contributed by atoms with E-state index in [0.29, 0.717) is 6.42 Å². The van der Waals surface area contributed by atoms with Crippen LogP contribution in [0.5, 0.6) is 0 Å². The number of quaternary nitrogens is 1. The molecule has 1 amide bonds. The van der Waals surface area contributed by atoms with Crippen LogP contribution in [0.2, 0.25) is 0 Å². The van der Waals surface area contributed by atoms with Crippen molar-refractivity contribution in [2.75, 3.05) is 44.2 Å². The molecule has 0 radical (unpaired) electrons. The van der Waals surface area contributed by atoms with Gasteiger partial charge < -0.3 is 15.1 Å². The summed E-state index contributed by atoms with van der Waals surface area (Å²) in [6.07, 6.45) is 6.08. The molecule has 1 saturated heterocycles. The molecule has 0 spiro atoms. The fourth-order valence-corrected chi connectivity index (χ4v) is 4.40. The topological polar surface area (TPSA) is 62.6 Å². The second kappa shape index (κ2) is 11.9. The Balaban J connectivity index is 1.33. The minimum atomic E-state index is 0.207. The molecule has 158 valence electrons. The van der Waals surface area contributed by atoms with Gasteiger partial charge in [-0.15, -0.1) is 0 Å². The smallest absolute Gasteiger partial charge is 0.220 e. The highest BCUT2D eigenvalue weighted by molar-refractivity contribution is 7.09. The number of benzene rings is 1. The molecular formula is C22H34N5OS+. The highest BCUT2D eigenvalue weighted by Crippen LogP contribution is 2.18. The summed E-state index contributed by atoms with van der Waals surface area (Å²) >= 11 is 1.51. The van der Waals surface area contributed by atoms with Gasteiger partial charge >= 0.3 is 0 Å². The van der Waals surface area contributed by atoms with Gasteiger partial charge in [-0.05, 0) is 12.0 Å². The van der Waals surface area contributed by atoms with Gasteiger partial charge in [0, 0.05) is 24.4 Å². The highest BCUT2D eigenvalue weighted by Gasteiger charge is 2.22. The van der Waals surface area contributed by atoms with E-state index in [9.17, 15) is 4.79 Å². The molecule has 0 saturated carbocycles. The Morgan fingerprint density at radius 2 is 1.97 bits per heavy atom. The lowest BCUT2D eigenvalue weighted by atomic mass is 10.1. The van der Waals surface area contributed by atoms with Gasteiger partial charge in [-0.2, -0.15) is 4.37 Å². The van der Waals surface area contributed by atoms with Crippen LogP contribution < -0.4 is 15.1 Å². The molecule has 1 aliphatic rings. The van der Waals surface area contributed by atoms with Crippen molar-refractivity contribution in [3.8, 4) is 0 Å². The summed E-state index contributed by atoms with van der Waals surface area (Å²) in [5, 5.41) is 4.12. The number of unbranched alkanes of at least 4 members (excludes halogenated alkanes) is 3. The predicted molar refractivity (Wildman–Crippen MR) is 119 cm³/mol. The Morgan fingerprint density at radius 1 is 1.17 bits per heavy atom. The molecule has 2 N–H and O–H groups in total. The molecule has 0 unspecified atom stereocenters. The summed E-state index contributed by atoms with van der Waals surface area (Å²) in [6, 6.07) is 10.4. The maximum atomic E-state index is 11.9. The van der Waals surface area contributed by atoms with E-state index in [4.69, 9.17) is 4.98 Å². The molecule has 29 heavy (non-hydrogen) atoms. The lowest BCUT2D eigenvalue weighted by Gasteiger charge is -2.31. The van der Waals surface area contributed by atoms with Gasteiger partial charge in [0.25, 0.3) is 0 Å². The molecule has 2 aromatic rings. The zero-order valence-corrected chi connectivity index (χ0v) is 18.3. The quantitative estimate of drug-likeness (QED) is 0.550. The Kier molecular flexibility index (Phi) is 8.89. The van der Waals surface area contributed by atoms with Gasteiger partial charge in [0.2, 0.25) is 11.0 Å². The van der Waals surface area contributed by atoms with Gasteiger partial charge in [-0.25, -0.2) is 4.98 Å². The van der Waals surface area contributed by atoms with Gasteiger partial charge in [0.1, 0.15) is 5.82 Å². The zero-order chi connectivity index (χ0) is 20.3. The Bertz CT molecular complexity index is 728. The van der Waals surface area contributed by atoms with E-state index < -0.39 is 0 Å². The van der Waals surface area contributed by atoms with Crippen LogP contribution in [0.15, 0.2) is 30.3 Å². The number of rotatable bonds is 11. The van der Waals surface area contributed by atoms with Crippen molar-refractivity contribution in [1.82, 2.24) is 14.7 Å². The van der Waals surface area contributed by atoms with Crippen LogP contribution >= 0.6 is 11.5 Å². The van der Waals surface area contributed by atoms with E-state index in [1.165, 1.54) is 29.9 Å². The molecule has 2 heterocycles. The van der Waals surface area contributed by atoms with Crippen LogP contribution in [-0.4, -0.2) is 54.5 Å². The second-order valence-corrected chi connectivity index (χ2v) is 8.53. The number of carbonyl (C=O) groups excluding carboxylic acids is 1. The minimum Gasteiger partial charge on any atom is -0.350 e. The Hall–Kier alpha value is -1.99. The number of anilines is 1. The molecule has 0 aliphatic carbocycles. The highest BCUT2D eigenvalue weighted by atomic mass is 32.1. The number of hydrogen-bond donors (Lipinski definition) is 2. The molecule has 0 bridgehead atoms. The number of piperazine rings is 1. The number of nitrogens with one attached hydrogen (secondary N) is 2. The Labute approximate surface area is 178 Å². The first-order valence-corrected chi connectivity index (χ1v) is 11.7. The first-order valence-electron chi connectivity index (χ1n) is 11.0. The summed E-state index contributed by atoms with van der Waals surface area (Å²) in [5.74, 6) is 1.12. The van der Waals surface area contributed by atoms with E-state index in [-0.39, 0.29) is 5.91 Å². The summed E-state index contributed by atoms with van der Waals surface area (Å²) in [7, 11) is 0. The molecule has 3 rings (SSSR count). The van der Waals surface area contributed by atoms with Crippen molar-refractivity contribution in [1.29, 1.82) is 0 Å². The molecular weight excluding hydrogens is 382 g/mol. The number of hydrogen-bond acceptors (Lipinski definition) is 5. The van der Waals surface area contributed by atoms with Crippen LogP contribution in [0.25, 0.3) is 0 Å². The monoisotopic (exact) mass is 416 g/mol. The average Bonchev–Trinajstić information content (AvgIpc) is 3.21. The minimum absolute atomic E-state index is 0.207. The van der Waals surface area contributed by atoms with E-state index in [0.717, 1.165) is 69.5 Å². The first kappa shape index (κ1) is 21.7. The maximum Gasteiger partial charge on any atom is 0.220 e. The van der Waals surface area contributed by atoms with Crippen LogP contribution in [0.1, 0.15) is 50.4 Å². The molecule has 7 heteroatoms. The average molecular weight is 417 g/mol. The lowest BCUT2D eigenvalue weighted by Crippen LogP contribution is -3.15. The summed E-state index contributed by atoms with van der Waals surface area (Å²) in [5.41, 5.74) is 1.25. The fraction of sp³-hybridized carbons (Fsp3) is 0.591. The number of amides is 1. The van der Waals surface area contributed by atoms with Gasteiger partial charge in [-0.3, -0.25) is 4.79 Å². The molecule has 1 aromatic heterocycles. The summed E-state index contributed by atoms with van der Waals surface area (Å²) < 4.78 is 4.55. The Morgan fingerprint density at radius 3 is 2.72 bits per heavy atom. The third-order valence-corrected chi connectivity index (χ3v) is 6.28. The van der Waals surface area contributed by atoms with Crippen molar-refractivity contribution in [3.63, 3.8) is 0 Å². The third-order valence-electron chi connectivity index (χ3n) is 5.46. The van der Waals surface area contributed by atoms with E-state index in [2.05, 4.69) is 45.8 Å². The first-order chi connectivity index (χ1) is 14.2. The van der Waals surface area contributed by atoms with Crippen molar-refractivity contribution < 1.29 is 9.69 Å². The van der Waals surface area contributed by atoms with Gasteiger partial charge in [0.15, 0.2) is 0 Å². The van der Waals surface area contributed by atoms with Crippen LogP contribution in [-0.2, 0) is 11.2 Å². The molecule has 1 aliphatic heterocycles.